The molecule has 0 aliphatic carbocycles. The zero-order valence-electron chi connectivity index (χ0n) is 12.9. The van der Waals surface area contributed by atoms with Crippen molar-refractivity contribution in [1.29, 1.82) is 0 Å². The molecule has 0 saturated carbocycles. The summed E-state index contributed by atoms with van der Waals surface area (Å²) in [5.74, 6) is 1.68. The van der Waals surface area contributed by atoms with Crippen molar-refractivity contribution >= 4 is 29.9 Å². The van der Waals surface area contributed by atoms with Gasteiger partial charge in [0, 0.05) is 13.1 Å². The lowest BCUT2D eigenvalue weighted by Gasteiger charge is -2.12. The van der Waals surface area contributed by atoms with Gasteiger partial charge in [-0.1, -0.05) is 0 Å². The molecular formula is C13H18F3IN6O. The van der Waals surface area contributed by atoms with Crippen LogP contribution in [0.1, 0.15) is 19.2 Å². The van der Waals surface area contributed by atoms with Crippen molar-refractivity contribution in [3.63, 3.8) is 0 Å². The minimum absolute atomic E-state index is 0. The topological polar surface area (TPSA) is 91.1 Å². The number of hydrogen-bond donors (Lipinski definition) is 3. The van der Waals surface area contributed by atoms with Gasteiger partial charge in [0.05, 0.1) is 12.7 Å². The van der Waals surface area contributed by atoms with Crippen molar-refractivity contribution in [2.45, 2.75) is 26.1 Å². The van der Waals surface area contributed by atoms with Gasteiger partial charge >= 0.3 is 6.18 Å². The number of aliphatic imine (C=N–C) groups is 1. The Kier molecular flexibility index (Phi) is 8.01. The van der Waals surface area contributed by atoms with E-state index < -0.39 is 12.6 Å². The summed E-state index contributed by atoms with van der Waals surface area (Å²) in [7, 11) is 0. The molecule has 0 aromatic carbocycles. The van der Waals surface area contributed by atoms with Crippen LogP contribution in [0, 0.1) is 0 Å². The SMILES string of the molecule is CCNC(=NCc1nc(-c2ccco2)n[nH]1)NCCC(F)(F)F.I. The first-order valence-electron chi connectivity index (χ1n) is 7.02. The predicted molar refractivity (Wildman–Crippen MR) is 93.0 cm³/mol. The van der Waals surface area contributed by atoms with Gasteiger partial charge in [-0.2, -0.15) is 13.2 Å². The Labute approximate surface area is 153 Å². The van der Waals surface area contributed by atoms with Crippen molar-refractivity contribution in [3.05, 3.63) is 24.2 Å². The number of furan rings is 1. The molecule has 2 heterocycles. The smallest absolute Gasteiger partial charge is 0.390 e. The zero-order chi connectivity index (χ0) is 16.7. The fourth-order valence-corrected chi connectivity index (χ4v) is 1.70. The quantitative estimate of drug-likeness (QED) is 0.352. The standard InChI is InChI=1S/C13H17F3N6O.HI/c1-2-17-12(18-6-5-13(14,15)16)19-8-10-20-11(22-21-10)9-4-3-7-23-9;/h3-4,7H,2,5-6,8H2,1H3,(H2,17,18,19)(H,20,21,22);1H. The Morgan fingerprint density at radius 2 is 2.17 bits per heavy atom. The highest BCUT2D eigenvalue weighted by Crippen LogP contribution is 2.18. The molecule has 0 aliphatic rings. The number of alkyl halides is 3. The van der Waals surface area contributed by atoms with Crippen LogP contribution in [0.4, 0.5) is 13.2 Å². The van der Waals surface area contributed by atoms with E-state index in [1.807, 2.05) is 6.92 Å². The van der Waals surface area contributed by atoms with E-state index in [1.54, 1.807) is 12.1 Å². The van der Waals surface area contributed by atoms with E-state index >= 15 is 0 Å². The molecule has 0 unspecified atom stereocenters. The van der Waals surface area contributed by atoms with Gasteiger partial charge in [-0.3, -0.25) is 5.10 Å². The van der Waals surface area contributed by atoms with Crippen molar-refractivity contribution in [1.82, 2.24) is 25.8 Å². The fraction of sp³-hybridized carbons (Fsp3) is 0.462. The fourth-order valence-electron chi connectivity index (χ4n) is 1.70. The van der Waals surface area contributed by atoms with Crippen molar-refractivity contribution in [3.8, 4) is 11.6 Å². The van der Waals surface area contributed by atoms with E-state index in [1.165, 1.54) is 6.26 Å². The summed E-state index contributed by atoms with van der Waals surface area (Å²) < 4.78 is 41.6. The number of hydrogen-bond acceptors (Lipinski definition) is 4. The molecule has 2 aromatic heterocycles. The highest BCUT2D eigenvalue weighted by atomic mass is 127. The maximum absolute atomic E-state index is 12.1. The van der Waals surface area contributed by atoms with Crippen LogP contribution in [0.5, 0.6) is 0 Å². The molecule has 3 N–H and O–H groups in total. The second-order valence-corrected chi connectivity index (χ2v) is 4.57. The molecule has 0 radical (unpaired) electrons. The molecule has 134 valence electrons. The number of nitrogens with zero attached hydrogens (tertiary/aromatic N) is 3. The lowest BCUT2D eigenvalue weighted by molar-refractivity contribution is -0.132. The van der Waals surface area contributed by atoms with Crippen LogP contribution in [0.15, 0.2) is 27.8 Å². The summed E-state index contributed by atoms with van der Waals surface area (Å²) in [6.07, 6.45) is -3.62. The van der Waals surface area contributed by atoms with Gasteiger partial charge in [0.1, 0.15) is 12.4 Å². The lowest BCUT2D eigenvalue weighted by atomic mass is 10.4. The highest BCUT2D eigenvalue weighted by molar-refractivity contribution is 14.0. The maximum Gasteiger partial charge on any atom is 0.390 e. The van der Waals surface area contributed by atoms with Gasteiger partial charge < -0.3 is 15.1 Å². The van der Waals surface area contributed by atoms with E-state index in [9.17, 15) is 13.2 Å². The third-order valence-corrected chi connectivity index (χ3v) is 2.71. The van der Waals surface area contributed by atoms with E-state index in [0.29, 0.717) is 24.0 Å². The molecule has 24 heavy (non-hydrogen) atoms. The summed E-state index contributed by atoms with van der Waals surface area (Å²) in [6.45, 7) is 2.26. The van der Waals surface area contributed by atoms with Crippen LogP contribution in [0.25, 0.3) is 11.6 Å². The average Bonchev–Trinajstić information content (AvgIpc) is 3.14. The zero-order valence-corrected chi connectivity index (χ0v) is 15.2. The molecule has 0 saturated heterocycles. The normalized spacial score (nSPS) is 11.9. The van der Waals surface area contributed by atoms with Crippen molar-refractivity contribution in [2.24, 2.45) is 4.99 Å². The van der Waals surface area contributed by atoms with Crippen LogP contribution in [0.3, 0.4) is 0 Å². The van der Waals surface area contributed by atoms with Crippen LogP contribution in [0.2, 0.25) is 0 Å². The number of halogens is 4. The number of guanidine groups is 1. The maximum atomic E-state index is 12.1. The Balaban J connectivity index is 0.00000288. The van der Waals surface area contributed by atoms with E-state index in [4.69, 9.17) is 4.42 Å². The minimum atomic E-state index is -4.20. The number of aromatic nitrogens is 3. The number of rotatable bonds is 6. The summed E-state index contributed by atoms with van der Waals surface area (Å²) in [4.78, 5) is 8.36. The van der Waals surface area contributed by atoms with Gasteiger partial charge in [-0.05, 0) is 19.1 Å². The third-order valence-electron chi connectivity index (χ3n) is 2.71. The van der Waals surface area contributed by atoms with Gasteiger partial charge in [0.25, 0.3) is 0 Å². The largest absolute Gasteiger partial charge is 0.461 e. The van der Waals surface area contributed by atoms with Gasteiger partial charge in [0.15, 0.2) is 11.7 Å². The molecule has 2 aromatic rings. The molecule has 0 aliphatic heterocycles. The first-order chi connectivity index (χ1) is 11.0. The van der Waals surface area contributed by atoms with Crippen LogP contribution in [-0.2, 0) is 6.54 Å². The van der Waals surface area contributed by atoms with Gasteiger partial charge in [0.2, 0.25) is 5.82 Å². The Bertz CT molecular complexity index is 626. The second kappa shape index (κ2) is 9.49. The Hall–Kier alpha value is -1.79. The summed E-state index contributed by atoms with van der Waals surface area (Å²) in [5.41, 5.74) is 0. The second-order valence-electron chi connectivity index (χ2n) is 4.57. The predicted octanol–water partition coefficient (Wildman–Crippen LogP) is 2.69. The molecule has 11 heteroatoms. The number of nitrogens with one attached hydrogen (secondary N) is 3. The molecule has 0 bridgehead atoms. The van der Waals surface area contributed by atoms with Crippen molar-refractivity contribution in [2.75, 3.05) is 13.1 Å². The summed E-state index contributed by atoms with van der Waals surface area (Å²) in [5, 5.41) is 12.2. The molecular weight excluding hydrogens is 440 g/mol. The molecule has 0 fully saturated rings. The molecule has 0 atom stereocenters. The molecule has 0 amide bonds. The number of aromatic amines is 1. The molecule has 2 rings (SSSR count). The Morgan fingerprint density at radius 3 is 2.79 bits per heavy atom. The van der Waals surface area contributed by atoms with Crippen molar-refractivity contribution < 1.29 is 17.6 Å². The summed E-state index contributed by atoms with van der Waals surface area (Å²) >= 11 is 0. The first kappa shape index (κ1) is 20.3. The minimum Gasteiger partial charge on any atom is -0.461 e. The molecule has 7 nitrogen and oxygen atoms in total. The highest BCUT2D eigenvalue weighted by Gasteiger charge is 2.26. The van der Waals surface area contributed by atoms with Crippen LogP contribution in [-0.4, -0.2) is 40.4 Å². The van der Waals surface area contributed by atoms with Crippen LogP contribution < -0.4 is 10.6 Å². The lowest BCUT2D eigenvalue weighted by Crippen LogP contribution is -2.38. The third kappa shape index (κ3) is 6.76. The van der Waals surface area contributed by atoms with E-state index in [-0.39, 0.29) is 43.0 Å². The van der Waals surface area contributed by atoms with E-state index in [2.05, 4.69) is 30.8 Å². The molecule has 0 spiro atoms. The van der Waals surface area contributed by atoms with E-state index in [0.717, 1.165) is 0 Å². The Morgan fingerprint density at radius 1 is 1.38 bits per heavy atom. The van der Waals surface area contributed by atoms with Gasteiger partial charge in [-0.15, -0.1) is 29.1 Å². The van der Waals surface area contributed by atoms with Crippen LogP contribution >= 0.6 is 24.0 Å². The number of H-pyrrole nitrogens is 1. The first-order valence-corrected chi connectivity index (χ1v) is 7.02. The summed E-state index contributed by atoms with van der Waals surface area (Å²) in [6, 6.07) is 3.44. The monoisotopic (exact) mass is 458 g/mol. The average molecular weight is 458 g/mol. The van der Waals surface area contributed by atoms with Gasteiger partial charge in [-0.25, -0.2) is 9.98 Å².